The molecule has 2 unspecified atom stereocenters. The van der Waals surface area contributed by atoms with E-state index < -0.39 is 0 Å². The summed E-state index contributed by atoms with van der Waals surface area (Å²) in [4.78, 5) is 2.63. The Labute approximate surface area is 130 Å². The average molecular weight is 289 g/mol. The molecule has 2 aliphatic carbocycles. The number of nitrogens with zero attached hydrogens (tertiary/aromatic N) is 2. The Morgan fingerprint density at radius 1 is 1.14 bits per heavy atom. The number of rotatable bonds is 5. The molecule has 0 aromatic carbocycles. The maximum Gasteiger partial charge on any atom is 0.109 e. The Morgan fingerprint density at radius 3 is 2.48 bits per heavy atom. The molecule has 3 heteroatoms. The Morgan fingerprint density at radius 2 is 1.86 bits per heavy atom. The minimum absolute atomic E-state index is 0.198. The van der Waals surface area contributed by atoms with E-state index in [9.17, 15) is 5.26 Å². The summed E-state index contributed by atoms with van der Waals surface area (Å²) in [5.74, 6) is 0.568. The molecule has 0 aromatic rings. The quantitative estimate of drug-likeness (QED) is 0.844. The van der Waals surface area contributed by atoms with Crippen LogP contribution in [0.4, 0.5) is 0 Å². The lowest BCUT2D eigenvalue weighted by atomic mass is 9.82. The molecule has 0 radical (unpaired) electrons. The lowest BCUT2D eigenvalue weighted by molar-refractivity contribution is 0.122. The molecule has 0 bridgehead atoms. The predicted octanol–water partition coefficient (Wildman–Crippen LogP) is 3.31. The van der Waals surface area contributed by atoms with Crippen LogP contribution in [0.3, 0.4) is 0 Å². The van der Waals surface area contributed by atoms with E-state index in [2.05, 4.69) is 30.1 Å². The van der Waals surface area contributed by atoms with Crippen LogP contribution in [0.15, 0.2) is 0 Å². The summed E-state index contributed by atoms with van der Waals surface area (Å²) >= 11 is 0. The van der Waals surface area contributed by atoms with Crippen molar-refractivity contribution in [3.8, 4) is 6.07 Å². The highest BCUT2D eigenvalue weighted by molar-refractivity contribution is 5.16. The molecule has 3 rings (SSSR count). The van der Waals surface area contributed by atoms with Gasteiger partial charge in [0.05, 0.1) is 6.07 Å². The molecular weight excluding hydrogens is 258 g/mol. The molecule has 118 valence electrons. The number of piperidine rings is 1. The van der Waals surface area contributed by atoms with Crippen LogP contribution in [0, 0.1) is 22.7 Å². The number of nitrogens with one attached hydrogen (secondary N) is 1. The van der Waals surface area contributed by atoms with Gasteiger partial charge in [0.15, 0.2) is 0 Å². The third-order valence-electron chi connectivity index (χ3n) is 6.06. The standard InChI is InChI=1S/C18H31N3/c1-17(2)9-12-21(13-10-17)11-7-15-4-3-8-18(15,14-19)20-16-5-6-16/h15-16,20H,3-13H2,1-2H3. The minimum atomic E-state index is -0.198. The van der Waals surface area contributed by atoms with Crippen LogP contribution in [0.2, 0.25) is 0 Å². The van der Waals surface area contributed by atoms with Crippen LogP contribution >= 0.6 is 0 Å². The van der Waals surface area contributed by atoms with Gasteiger partial charge in [-0.25, -0.2) is 0 Å². The first-order valence-corrected chi connectivity index (χ1v) is 8.94. The zero-order valence-electron chi connectivity index (χ0n) is 13.8. The highest BCUT2D eigenvalue weighted by atomic mass is 15.1. The van der Waals surface area contributed by atoms with Gasteiger partial charge in [0.2, 0.25) is 0 Å². The first-order chi connectivity index (χ1) is 10.0. The maximum atomic E-state index is 9.74. The molecule has 2 saturated carbocycles. The molecule has 1 saturated heterocycles. The zero-order valence-corrected chi connectivity index (χ0v) is 13.8. The fourth-order valence-electron chi connectivity index (χ4n) is 4.15. The van der Waals surface area contributed by atoms with E-state index in [0.29, 0.717) is 17.4 Å². The highest BCUT2D eigenvalue weighted by Crippen LogP contribution is 2.40. The molecule has 3 aliphatic rings. The van der Waals surface area contributed by atoms with Crippen LogP contribution < -0.4 is 5.32 Å². The molecule has 1 aliphatic heterocycles. The summed E-state index contributed by atoms with van der Waals surface area (Å²) in [7, 11) is 0. The van der Waals surface area contributed by atoms with Gasteiger partial charge in [0, 0.05) is 6.04 Å². The van der Waals surface area contributed by atoms with E-state index in [1.807, 2.05) is 0 Å². The number of hydrogen-bond acceptors (Lipinski definition) is 3. The van der Waals surface area contributed by atoms with Crippen molar-refractivity contribution in [2.24, 2.45) is 11.3 Å². The van der Waals surface area contributed by atoms with Crippen molar-refractivity contribution in [1.29, 1.82) is 5.26 Å². The normalized spacial score (nSPS) is 36.5. The van der Waals surface area contributed by atoms with E-state index in [-0.39, 0.29) is 5.54 Å². The predicted molar refractivity (Wildman–Crippen MR) is 85.9 cm³/mol. The topological polar surface area (TPSA) is 39.1 Å². The molecule has 1 heterocycles. The van der Waals surface area contributed by atoms with Gasteiger partial charge in [0.1, 0.15) is 5.54 Å². The van der Waals surface area contributed by atoms with Gasteiger partial charge in [-0.1, -0.05) is 20.3 Å². The minimum Gasteiger partial charge on any atom is -0.303 e. The van der Waals surface area contributed by atoms with Crippen LogP contribution in [0.25, 0.3) is 0 Å². The van der Waals surface area contributed by atoms with Gasteiger partial charge in [-0.05, 0) is 75.9 Å². The van der Waals surface area contributed by atoms with E-state index in [1.54, 1.807) is 0 Å². The number of likely N-dealkylation sites (tertiary alicyclic amines) is 1. The van der Waals surface area contributed by atoms with Gasteiger partial charge in [0.25, 0.3) is 0 Å². The highest BCUT2D eigenvalue weighted by Gasteiger charge is 2.45. The van der Waals surface area contributed by atoms with Gasteiger partial charge in [-0.2, -0.15) is 5.26 Å². The first kappa shape index (κ1) is 15.3. The molecule has 3 nitrogen and oxygen atoms in total. The molecular formula is C18H31N3. The largest absolute Gasteiger partial charge is 0.303 e. The van der Waals surface area contributed by atoms with Crippen molar-refractivity contribution >= 4 is 0 Å². The molecule has 0 aromatic heterocycles. The monoisotopic (exact) mass is 289 g/mol. The molecule has 2 atom stereocenters. The second-order valence-corrected chi connectivity index (χ2v) is 8.39. The Balaban J connectivity index is 1.51. The fourth-order valence-corrected chi connectivity index (χ4v) is 4.15. The Kier molecular flexibility index (Phi) is 4.30. The van der Waals surface area contributed by atoms with E-state index >= 15 is 0 Å². The lowest BCUT2D eigenvalue weighted by Crippen LogP contribution is -2.49. The van der Waals surface area contributed by atoms with Gasteiger partial charge in [-0.3, -0.25) is 5.32 Å². The molecule has 3 fully saturated rings. The summed E-state index contributed by atoms with van der Waals surface area (Å²) in [6.07, 6.45) is 9.93. The van der Waals surface area contributed by atoms with Crippen molar-refractivity contribution in [1.82, 2.24) is 10.2 Å². The van der Waals surface area contributed by atoms with E-state index in [0.717, 1.165) is 6.42 Å². The molecule has 0 spiro atoms. The third kappa shape index (κ3) is 3.60. The number of nitriles is 1. The fraction of sp³-hybridized carbons (Fsp3) is 0.944. The van der Waals surface area contributed by atoms with Crippen LogP contribution in [-0.4, -0.2) is 36.1 Å². The first-order valence-electron chi connectivity index (χ1n) is 8.94. The average Bonchev–Trinajstić information content (AvgIpc) is 3.17. The zero-order chi connectivity index (χ0) is 14.9. The summed E-state index contributed by atoms with van der Waals surface area (Å²) in [6.45, 7) is 8.46. The molecule has 1 N–H and O–H groups in total. The third-order valence-corrected chi connectivity index (χ3v) is 6.06. The summed E-state index contributed by atoms with van der Waals surface area (Å²) in [5.41, 5.74) is 0.337. The van der Waals surface area contributed by atoms with Crippen molar-refractivity contribution in [2.45, 2.75) is 76.8 Å². The van der Waals surface area contributed by atoms with E-state index in [4.69, 9.17) is 0 Å². The van der Waals surface area contributed by atoms with Crippen LogP contribution in [-0.2, 0) is 0 Å². The number of hydrogen-bond donors (Lipinski definition) is 1. The van der Waals surface area contributed by atoms with Crippen molar-refractivity contribution in [2.75, 3.05) is 19.6 Å². The SMILES string of the molecule is CC1(C)CCN(CCC2CCCC2(C#N)NC2CC2)CC1. The second-order valence-electron chi connectivity index (χ2n) is 8.39. The summed E-state index contributed by atoms with van der Waals surface area (Å²) in [6, 6.07) is 3.31. The Hall–Kier alpha value is -0.590. The van der Waals surface area contributed by atoms with Gasteiger partial charge in [-0.15, -0.1) is 0 Å². The van der Waals surface area contributed by atoms with Gasteiger partial charge < -0.3 is 4.90 Å². The summed E-state index contributed by atoms with van der Waals surface area (Å²) in [5, 5.41) is 13.4. The van der Waals surface area contributed by atoms with Crippen molar-refractivity contribution in [3.05, 3.63) is 0 Å². The Bertz CT molecular complexity index is 397. The summed E-state index contributed by atoms with van der Waals surface area (Å²) < 4.78 is 0. The maximum absolute atomic E-state index is 9.74. The smallest absolute Gasteiger partial charge is 0.109 e. The van der Waals surface area contributed by atoms with E-state index in [1.165, 1.54) is 64.6 Å². The molecule has 0 amide bonds. The van der Waals surface area contributed by atoms with Crippen LogP contribution in [0.1, 0.15) is 65.2 Å². The molecule has 21 heavy (non-hydrogen) atoms. The van der Waals surface area contributed by atoms with Crippen molar-refractivity contribution in [3.63, 3.8) is 0 Å². The van der Waals surface area contributed by atoms with Gasteiger partial charge >= 0.3 is 0 Å². The van der Waals surface area contributed by atoms with Crippen molar-refractivity contribution < 1.29 is 0 Å². The lowest BCUT2D eigenvalue weighted by Gasteiger charge is -2.38. The second kappa shape index (κ2) is 5.89. The van der Waals surface area contributed by atoms with Crippen LogP contribution in [0.5, 0.6) is 0 Å².